The molecule has 1 aromatic rings. The smallest absolute Gasteiger partial charge is 0.243 e. The molecule has 0 bridgehead atoms. The average Bonchev–Trinajstić information content (AvgIpc) is 3.15. The molecule has 1 saturated heterocycles. The van der Waals surface area contributed by atoms with Gasteiger partial charge in [-0.25, -0.2) is 4.99 Å². The molecular weight excluding hydrogens is 342 g/mol. The molecule has 27 heavy (non-hydrogen) atoms. The molecule has 150 valence electrons. The number of likely N-dealkylation sites (N-methyl/N-ethyl adjacent to an activating group) is 1. The van der Waals surface area contributed by atoms with Crippen molar-refractivity contribution in [2.24, 2.45) is 4.99 Å². The summed E-state index contributed by atoms with van der Waals surface area (Å²) in [5, 5.41) is 3.38. The summed E-state index contributed by atoms with van der Waals surface area (Å²) in [5.41, 5.74) is 2.35. The van der Waals surface area contributed by atoms with Crippen molar-refractivity contribution in [1.82, 2.24) is 15.1 Å². The molecule has 1 amide bonds. The van der Waals surface area contributed by atoms with E-state index in [-0.39, 0.29) is 18.6 Å². The van der Waals surface area contributed by atoms with Crippen LogP contribution < -0.4 is 10.2 Å². The average molecular weight is 376 g/mol. The van der Waals surface area contributed by atoms with Gasteiger partial charge in [-0.1, -0.05) is 12.1 Å². The first kappa shape index (κ1) is 21.0. The van der Waals surface area contributed by atoms with Crippen molar-refractivity contribution in [2.75, 3.05) is 59.8 Å². The third-order valence-corrected chi connectivity index (χ3v) is 4.58. The van der Waals surface area contributed by atoms with E-state index in [1.54, 1.807) is 19.0 Å². The van der Waals surface area contributed by atoms with E-state index < -0.39 is 0 Å². The molecule has 0 radical (unpaired) electrons. The van der Waals surface area contributed by atoms with E-state index in [4.69, 9.17) is 4.74 Å². The maximum absolute atomic E-state index is 12.0. The molecule has 0 aromatic heterocycles. The summed E-state index contributed by atoms with van der Waals surface area (Å²) < 4.78 is 5.69. The Morgan fingerprint density at radius 3 is 2.67 bits per heavy atom. The van der Waals surface area contributed by atoms with E-state index in [0.717, 1.165) is 31.1 Å². The van der Waals surface area contributed by atoms with Crippen LogP contribution in [-0.4, -0.2) is 82.7 Å². The minimum atomic E-state index is -0.0191. The highest BCUT2D eigenvalue weighted by molar-refractivity contribution is 5.84. The molecule has 7 nitrogen and oxygen atoms in total. The number of amides is 1. The van der Waals surface area contributed by atoms with Crippen molar-refractivity contribution in [1.29, 1.82) is 0 Å². The lowest BCUT2D eigenvalue weighted by atomic mass is 10.2. The van der Waals surface area contributed by atoms with Gasteiger partial charge in [0.2, 0.25) is 5.91 Å². The van der Waals surface area contributed by atoms with Crippen molar-refractivity contribution in [3.8, 4) is 0 Å². The van der Waals surface area contributed by atoms with Crippen molar-refractivity contribution >= 4 is 17.6 Å². The number of carbonyl (C=O) groups is 1. The molecule has 1 aromatic carbocycles. The third kappa shape index (κ3) is 6.75. The van der Waals surface area contributed by atoms with E-state index in [1.807, 2.05) is 26.0 Å². The van der Waals surface area contributed by atoms with Crippen LogP contribution in [0, 0.1) is 0 Å². The number of nitrogens with one attached hydrogen (secondary N) is 1. The normalized spacial score (nSPS) is 16.9. The molecule has 0 aliphatic carbocycles. The standard InChI is InChI=1S/C20H33N5O2/c1-23(2)17-9-6-8-16(12-17)15-25(5)20(22-14-19(26)24(3)4)21-13-18-10-7-11-27-18/h6,8-9,12,18H,7,10-11,13-15H2,1-5H3,(H,21,22). The van der Waals surface area contributed by atoms with Crippen molar-refractivity contribution in [3.05, 3.63) is 29.8 Å². The minimum Gasteiger partial charge on any atom is -0.378 e. The van der Waals surface area contributed by atoms with Crippen molar-refractivity contribution in [3.63, 3.8) is 0 Å². The van der Waals surface area contributed by atoms with Gasteiger partial charge < -0.3 is 24.8 Å². The second-order valence-electron chi connectivity index (χ2n) is 7.36. The molecule has 1 N–H and O–H groups in total. The topological polar surface area (TPSA) is 60.4 Å². The number of ether oxygens (including phenoxy) is 1. The monoisotopic (exact) mass is 375 g/mol. The van der Waals surface area contributed by atoms with Gasteiger partial charge in [0.1, 0.15) is 6.54 Å². The lowest BCUT2D eigenvalue weighted by molar-refractivity contribution is -0.127. The highest BCUT2D eigenvalue weighted by atomic mass is 16.5. The molecule has 2 rings (SSSR count). The van der Waals surface area contributed by atoms with Gasteiger partial charge in [0, 0.05) is 60.6 Å². The van der Waals surface area contributed by atoms with Gasteiger partial charge in [0.15, 0.2) is 5.96 Å². The summed E-state index contributed by atoms with van der Waals surface area (Å²) in [6.45, 7) is 2.36. The molecule has 1 aliphatic rings. The predicted molar refractivity (Wildman–Crippen MR) is 110 cm³/mol. The van der Waals surface area contributed by atoms with Crippen LogP contribution in [0.5, 0.6) is 0 Å². The summed E-state index contributed by atoms with van der Waals surface area (Å²) in [4.78, 5) is 22.2. The van der Waals surface area contributed by atoms with E-state index in [0.29, 0.717) is 13.1 Å². The molecule has 1 aliphatic heterocycles. The van der Waals surface area contributed by atoms with Gasteiger partial charge in [-0.15, -0.1) is 0 Å². The third-order valence-electron chi connectivity index (χ3n) is 4.58. The zero-order valence-corrected chi connectivity index (χ0v) is 17.2. The lowest BCUT2D eigenvalue weighted by Gasteiger charge is -2.24. The number of benzene rings is 1. The van der Waals surface area contributed by atoms with Gasteiger partial charge in [0.05, 0.1) is 6.10 Å². The van der Waals surface area contributed by atoms with Gasteiger partial charge in [-0.05, 0) is 30.5 Å². The Labute approximate surface area is 163 Å². The Kier molecular flexibility index (Phi) is 7.91. The number of guanidine groups is 1. The summed E-state index contributed by atoms with van der Waals surface area (Å²) in [7, 11) is 9.54. The van der Waals surface area contributed by atoms with E-state index in [9.17, 15) is 4.79 Å². The van der Waals surface area contributed by atoms with Gasteiger partial charge >= 0.3 is 0 Å². The summed E-state index contributed by atoms with van der Waals surface area (Å²) in [5.74, 6) is 0.699. The number of hydrogen-bond acceptors (Lipinski definition) is 4. The van der Waals surface area contributed by atoms with Crippen LogP contribution in [-0.2, 0) is 16.1 Å². The van der Waals surface area contributed by atoms with Crippen LogP contribution in [0.25, 0.3) is 0 Å². The molecular formula is C20H33N5O2. The molecule has 0 spiro atoms. The quantitative estimate of drug-likeness (QED) is 0.577. The minimum absolute atomic E-state index is 0.0191. The fourth-order valence-corrected chi connectivity index (χ4v) is 2.89. The van der Waals surface area contributed by atoms with Gasteiger partial charge in [0.25, 0.3) is 0 Å². The summed E-state index contributed by atoms with van der Waals surface area (Å²) in [6.07, 6.45) is 2.38. The summed E-state index contributed by atoms with van der Waals surface area (Å²) in [6, 6.07) is 8.42. The summed E-state index contributed by atoms with van der Waals surface area (Å²) >= 11 is 0. The second-order valence-corrected chi connectivity index (χ2v) is 7.36. The Morgan fingerprint density at radius 1 is 1.26 bits per heavy atom. The van der Waals surface area contributed by atoms with E-state index in [2.05, 4.69) is 39.5 Å². The van der Waals surface area contributed by atoms with E-state index >= 15 is 0 Å². The molecule has 1 fully saturated rings. The van der Waals surface area contributed by atoms with Gasteiger partial charge in [-0.3, -0.25) is 4.79 Å². The highest BCUT2D eigenvalue weighted by Gasteiger charge is 2.17. The fourth-order valence-electron chi connectivity index (χ4n) is 2.89. The van der Waals surface area contributed by atoms with Crippen molar-refractivity contribution < 1.29 is 9.53 Å². The molecule has 1 unspecified atom stereocenters. The Bertz CT molecular complexity index is 639. The number of rotatable bonds is 7. The Balaban J connectivity index is 2.06. The molecule has 1 atom stereocenters. The van der Waals surface area contributed by atoms with Crippen LogP contribution in [0.1, 0.15) is 18.4 Å². The lowest BCUT2D eigenvalue weighted by Crippen LogP contribution is -2.42. The number of aliphatic imine (C=N–C) groups is 1. The predicted octanol–water partition coefficient (Wildman–Crippen LogP) is 1.40. The van der Waals surface area contributed by atoms with Crippen LogP contribution in [0.15, 0.2) is 29.3 Å². The first-order valence-corrected chi connectivity index (χ1v) is 9.44. The van der Waals surface area contributed by atoms with Crippen LogP contribution in [0.2, 0.25) is 0 Å². The SMILES string of the molecule is CN(C)C(=O)CN=C(NCC1CCCO1)N(C)Cc1cccc(N(C)C)c1. The molecule has 1 heterocycles. The van der Waals surface area contributed by atoms with E-state index in [1.165, 1.54) is 5.56 Å². The molecule has 7 heteroatoms. The largest absolute Gasteiger partial charge is 0.378 e. The van der Waals surface area contributed by atoms with Gasteiger partial charge in [-0.2, -0.15) is 0 Å². The zero-order chi connectivity index (χ0) is 19.8. The number of anilines is 1. The number of nitrogens with zero attached hydrogens (tertiary/aromatic N) is 4. The zero-order valence-electron chi connectivity index (χ0n) is 17.2. The number of hydrogen-bond donors (Lipinski definition) is 1. The fraction of sp³-hybridized carbons (Fsp3) is 0.600. The maximum atomic E-state index is 12.0. The first-order chi connectivity index (χ1) is 12.9. The first-order valence-electron chi connectivity index (χ1n) is 9.44. The van der Waals surface area contributed by atoms with Crippen LogP contribution >= 0.6 is 0 Å². The number of carbonyl (C=O) groups excluding carboxylic acids is 1. The van der Waals surface area contributed by atoms with Crippen LogP contribution in [0.3, 0.4) is 0 Å². The Morgan fingerprint density at radius 2 is 2.04 bits per heavy atom. The molecule has 0 saturated carbocycles. The Hall–Kier alpha value is -2.28. The maximum Gasteiger partial charge on any atom is 0.243 e. The van der Waals surface area contributed by atoms with Crippen LogP contribution in [0.4, 0.5) is 5.69 Å². The highest BCUT2D eigenvalue weighted by Crippen LogP contribution is 2.15. The van der Waals surface area contributed by atoms with Crippen molar-refractivity contribution in [2.45, 2.75) is 25.5 Å². The second kappa shape index (κ2) is 10.2.